The van der Waals surface area contributed by atoms with Crippen molar-refractivity contribution in [3.63, 3.8) is 0 Å². The third kappa shape index (κ3) is 5.16. The number of aryl methyl sites for hydroxylation is 1. The summed E-state index contributed by atoms with van der Waals surface area (Å²) in [5.74, 6) is 1.71. The molecule has 6 nitrogen and oxygen atoms in total. The zero-order valence-corrected chi connectivity index (χ0v) is 11.6. The lowest BCUT2D eigenvalue weighted by Gasteiger charge is -2.10. The quantitative estimate of drug-likeness (QED) is 0.432. The first-order chi connectivity index (χ1) is 8.77. The summed E-state index contributed by atoms with van der Waals surface area (Å²) in [7, 11) is 1.87. The van der Waals surface area contributed by atoms with E-state index in [0.29, 0.717) is 6.54 Å². The first kappa shape index (κ1) is 14.5. The average Bonchev–Trinajstić information content (AvgIpc) is 2.77. The average molecular weight is 252 g/mol. The van der Waals surface area contributed by atoms with Gasteiger partial charge in [0.1, 0.15) is 18.7 Å². The summed E-state index contributed by atoms with van der Waals surface area (Å²) in [4.78, 5) is 8.63. The highest BCUT2D eigenvalue weighted by Crippen LogP contribution is 1.94. The van der Waals surface area contributed by atoms with Crippen LogP contribution in [-0.2, 0) is 13.6 Å². The van der Waals surface area contributed by atoms with Gasteiger partial charge in [-0.05, 0) is 13.3 Å². The molecule has 1 rings (SSSR count). The Bertz CT molecular complexity index is 357. The maximum absolute atomic E-state index is 4.49. The van der Waals surface area contributed by atoms with Gasteiger partial charge in [-0.15, -0.1) is 0 Å². The van der Waals surface area contributed by atoms with E-state index in [0.717, 1.165) is 24.9 Å². The lowest BCUT2D eigenvalue weighted by Crippen LogP contribution is -2.37. The molecule has 2 N–H and O–H groups in total. The summed E-state index contributed by atoms with van der Waals surface area (Å²) in [5, 5.41) is 10.6. The second kappa shape index (κ2) is 8.49. The van der Waals surface area contributed by atoms with Crippen LogP contribution in [0.25, 0.3) is 0 Å². The van der Waals surface area contributed by atoms with Crippen LogP contribution in [0.4, 0.5) is 0 Å². The monoisotopic (exact) mass is 252 g/mol. The molecule has 6 heteroatoms. The first-order valence-corrected chi connectivity index (χ1v) is 6.63. The van der Waals surface area contributed by atoms with E-state index in [2.05, 4.69) is 39.6 Å². The molecule has 1 heterocycles. The Labute approximate surface area is 109 Å². The maximum atomic E-state index is 4.49. The van der Waals surface area contributed by atoms with Crippen LogP contribution < -0.4 is 10.6 Å². The van der Waals surface area contributed by atoms with E-state index < -0.39 is 0 Å². The number of aliphatic imine (C=N–C) groups is 1. The summed E-state index contributed by atoms with van der Waals surface area (Å²) in [6.45, 7) is 6.62. The van der Waals surface area contributed by atoms with Gasteiger partial charge < -0.3 is 10.6 Å². The summed E-state index contributed by atoms with van der Waals surface area (Å²) in [6, 6.07) is 0. The number of nitrogens with one attached hydrogen (secondary N) is 2. The standard InChI is InChI=1S/C12H24N6/c1-4-6-7-8-14-12(13-5-2)15-9-11-16-10-17-18(11)3/h10H,4-9H2,1-3H3,(H2,13,14,15). The fourth-order valence-electron chi connectivity index (χ4n) is 1.54. The van der Waals surface area contributed by atoms with E-state index in [1.165, 1.54) is 19.3 Å². The highest BCUT2D eigenvalue weighted by Gasteiger charge is 2.00. The van der Waals surface area contributed by atoms with Crippen molar-refractivity contribution in [3.05, 3.63) is 12.2 Å². The molecule has 18 heavy (non-hydrogen) atoms. The van der Waals surface area contributed by atoms with E-state index >= 15 is 0 Å². The van der Waals surface area contributed by atoms with E-state index in [4.69, 9.17) is 0 Å². The molecule has 0 aliphatic rings. The Morgan fingerprint density at radius 3 is 2.78 bits per heavy atom. The predicted molar refractivity (Wildman–Crippen MR) is 73.3 cm³/mol. The molecule has 0 saturated carbocycles. The Hall–Kier alpha value is -1.59. The van der Waals surface area contributed by atoms with Crippen molar-refractivity contribution in [3.8, 4) is 0 Å². The van der Waals surface area contributed by atoms with Gasteiger partial charge in [-0.1, -0.05) is 19.8 Å². The molecule has 0 aliphatic heterocycles. The molecule has 0 aromatic carbocycles. The molecule has 0 spiro atoms. The molecule has 0 bridgehead atoms. The zero-order chi connectivity index (χ0) is 13.2. The number of guanidine groups is 1. The van der Waals surface area contributed by atoms with Crippen molar-refractivity contribution in [2.45, 2.75) is 39.7 Å². The van der Waals surface area contributed by atoms with Gasteiger partial charge in [0.25, 0.3) is 0 Å². The molecular weight excluding hydrogens is 228 g/mol. The number of hydrogen-bond donors (Lipinski definition) is 2. The smallest absolute Gasteiger partial charge is 0.191 e. The molecule has 0 atom stereocenters. The third-order valence-electron chi connectivity index (χ3n) is 2.60. The van der Waals surface area contributed by atoms with Crippen LogP contribution in [-0.4, -0.2) is 33.8 Å². The van der Waals surface area contributed by atoms with Crippen LogP contribution in [0, 0.1) is 0 Å². The van der Waals surface area contributed by atoms with Crippen LogP contribution >= 0.6 is 0 Å². The number of nitrogens with zero attached hydrogens (tertiary/aromatic N) is 4. The molecule has 0 fully saturated rings. The van der Waals surface area contributed by atoms with Crippen molar-refractivity contribution < 1.29 is 0 Å². The second-order valence-electron chi connectivity index (χ2n) is 4.13. The van der Waals surface area contributed by atoms with Crippen LogP contribution in [0.15, 0.2) is 11.3 Å². The molecule has 0 radical (unpaired) electrons. The van der Waals surface area contributed by atoms with Gasteiger partial charge in [0.2, 0.25) is 0 Å². The van der Waals surface area contributed by atoms with E-state index in [9.17, 15) is 0 Å². The summed E-state index contributed by atoms with van der Waals surface area (Å²) < 4.78 is 1.74. The van der Waals surface area contributed by atoms with Crippen LogP contribution in [0.5, 0.6) is 0 Å². The fourth-order valence-corrected chi connectivity index (χ4v) is 1.54. The largest absolute Gasteiger partial charge is 0.357 e. The molecule has 0 aliphatic carbocycles. The minimum absolute atomic E-state index is 0.541. The lowest BCUT2D eigenvalue weighted by atomic mass is 10.2. The van der Waals surface area contributed by atoms with Gasteiger partial charge in [-0.25, -0.2) is 9.98 Å². The van der Waals surface area contributed by atoms with Gasteiger partial charge in [-0.3, -0.25) is 4.68 Å². The Kier molecular flexibility index (Phi) is 6.83. The SMILES string of the molecule is CCCCCNC(=NCc1ncnn1C)NCC. The highest BCUT2D eigenvalue weighted by atomic mass is 15.3. The van der Waals surface area contributed by atoms with Crippen LogP contribution in [0.1, 0.15) is 38.9 Å². The minimum Gasteiger partial charge on any atom is -0.357 e. The molecule has 0 amide bonds. The molecule has 1 aromatic rings. The van der Waals surface area contributed by atoms with Gasteiger partial charge >= 0.3 is 0 Å². The van der Waals surface area contributed by atoms with E-state index in [-0.39, 0.29) is 0 Å². The molecule has 0 unspecified atom stereocenters. The molecular formula is C12H24N6. The Morgan fingerprint density at radius 1 is 1.33 bits per heavy atom. The van der Waals surface area contributed by atoms with Crippen molar-refractivity contribution >= 4 is 5.96 Å². The zero-order valence-electron chi connectivity index (χ0n) is 11.6. The summed E-state index contributed by atoms with van der Waals surface area (Å²) in [6.07, 6.45) is 5.20. The maximum Gasteiger partial charge on any atom is 0.191 e. The highest BCUT2D eigenvalue weighted by molar-refractivity contribution is 5.79. The number of rotatable bonds is 7. The number of aromatic nitrogens is 3. The predicted octanol–water partition coefficient (Wildman–Crippen LogP) is 1.06. The van der Waals surface area contributed by atoms with E-state index in [1.54, 1.807) is 11.0 Å². The topological polar surface area (TPSA) is 67.1 Å². The summed E-state index contributed by atoms with van der Waals surface area (Å²) >= 11 is 0. The van der Waals surface area contributed by atoms with Crippen molar-refractivity contribution in [1.82, 2.24) is 25.4 Å². The fraction of sp³-hybridized carbons (Fsp3) is 0.750. The lowest BCUT2D eigenvalue weighted by molar-refractivity contribution is 0.675. The van der Waals surface area contributed by atoms with Gasteiger partial charge in [0, 0.05) is 20.1 Å². The Balaban J connectivity index is 2.42. The molecule has 0 saturated heterocycles. The second-order valence-corrected chi connectivity index (χ2v) is 4.13. The molecule has 102 valence electrons. The Morgan fingerprint density at radius 2 is 2.17 bits per heavy atom. The van der Waals surface area contributed by atoms with Crippen molar-refractivity contribution in [1.29, 1.82) is 0 Å². The van der Waals surface area contributed by atoms with Gasteiger partial charge in [0.05, 0.1) is 0 Å². The van der Waals surface area contributed by atoms with Gasteiger partial charge in [0.15, 0.2) is 5.96 Å². The normalized spacial score (nSPS) is 11.6. The van der Waals surface area contributed by atoms with Crippen LogP contribution in [0.3, 0.4) is 0 Å². The van der Waals surface area contributed by atoms with Crippen LogP contribution in [0.2, 0.25) is 0 Å². The minimum atomic E-state index is 0.541. The first-order valence-electron chi connectivity index (χ1n) is 6.63. The van der Waals surface area contributed by atoms with Gasteiger partial charge in [-0.2, -0.15) is 5.10 Å². The van der Waals surface area contributed by atoms with Crippen molar-refractivity contribution in [2.75, 3.05) is 13.1 Å². The molecule has 1 aromatic heterocycles. The van der Waals surface area contributed by atoms with Crippen molar-refractivity contribution in [2.24, 2.45) is 12.0 Å². The number of hydrogen-bond acceptors (Lipinski definition) is 3. The third-order valence-corrected chi connectivity index (χ3v) is 2.60. The van der Waals surface area contributed by atoms with E-state index in [1.807, 2.05) is 7.05 Å². The summed E-state index contributed by atoms with van der Waals surface area (Å²) in [5.41, 5.74) is 0. The number of unbranched alkanes of at least 4 members (excludes halogenated alkanes) is 2.